The van der Waals surface area contributed by atoms with Crippen LogP contribution in [0.5, 0.6) is 11.5 Å². The molecule has 1 N–H and O–H groups in total. The van der Waals surface area contributed by atoms with Gasteiger partial charge in [0.1, 0.15) is 5.69 Å². The average Bonchev–Trinajstić information content (AvgIpc) is 2.79. The number of aromatic nitrogens is 2. The lowest BCUT2D eigenvalue weighted by atomic mass is 10.1. The van der Waals surface area contributed by atoms with Crippen LogP contribution in [0.4, 0.5) is 0 Å². The van der Waals surface area contributed by atoms with Crippen LogP contribution in [-0.4, -0.2) is 29.1 Å². The molecule has 3 rings (SSSR count). The smallest absolute Gasteiger partial charge is 0.271 e. The molecule has 1 aliphatic rings. The molecule has 0 spiro atoms. The van der Waals surface area contributed by atoms with Gasteiger partial charge in [-0.3, -0.25) is 9.78 Å². The van der Waals surface area contributed by atoms with Crippen molar-refractivity contribution >= 4 is 5.91 Å². The van der Waals surface area contributed by atoms with Gasteiger partial charge < -0.3 is 14.8 Å². The quantitative estimate of drug-likeness (QED) is 0.942. The van der Waals surface area contributed by atoms with Gasteiger partial charge in [-0.25, -0.2) is 4.98 Å². The Kier molecular flexibility index (Phi) is 4.41. The topological polar surface area (TPSA) is 73.3 Å². The summed E-state index contributed by atoms with van der Waals surface area (Å²) in [7, 11) is 0. The van der Waals surface area contributed by atoms with Crippen LogP contribution < -0.4 is 14.8 Å². The molecular formula is C17H19N3O3. The number of hydrogen-bond donors (Lipinski definition) is 1. The number of ether oxygens (including phenoxy) is 2. The minimum atomic E-state index is -0.253. The predicted octanol–water partition coefficient (Wildman–Crippen LogP) is 2.44. The number of fused-ring (bicyclic) bond motifs is 1. The molecule has 120 valence electrons. The molecular weight excluding hydrogens is 294 g/mol. The summed E-state index contributed by atoms with van der Waals surface area (Å²) in [4.78, 5) is 20.4. The zero-order chi connectivity index (χ0) is 16.2. The Balaban J connectivity index is 1.72. The van der Waals surface area contributed by atoms with Crippen LogP contribution in [0, 0.1) is 6.92 Å². The molecule has 6 nitrogen and oxygen atoms in total. The van der Waals surface area contributed by atoms with E-state index in [-0.39, 0.29) is 11.9 Å². The Morgan fingerprint density at radius 3 is 2.70 bits per heavy atom. The van der Waals surface area contributed by atoms with Crippen molar-refractivity contribution in [2.75, 3.05) is 13.2 Å². The number of rotatable bonds is 3. The van der Waals surface area contributed by atoms with Gasteiger partial charge in [-0.05, 0) is 31.5 Å². The number of amides is 1. The zero-order valence-corrected chi connectivity index (χ0v) is 13.2. The Morgan fingerprint density at radius 1 is 1.17 bits per heavy atom. The third-order valence-corrected chi connectivity index (χ3v) is 3.63. The minimum absolute atomic E-state index is 0.178. The van der Waals surface area contributed by atoms with Crippen molar-refractivity contribution in [2.45, 2.75) is 26.3 Å². The van der Waals surface area contributed by atoms with E-state index in [0.29, 0.717) is 18.9 Å². The molecule has 0 bridgehead atoms. The van der Waals surface area contributed by atoms with E-state index in [2.05, 4.69) is 15.3 Å². The van der Waals surface area contributed by atoms with Gasteiger partial charge in [0, 0.05) is 12.6 Å². The van der Waals surface area contributed by atoms with Crippen LogP contribution >= 0.6 is 0 Å². The summed E-state index contributed by atoms with van der Waals surface area (Å²) in [6, 6.07) is 5.54. The maximum atomic E-state index is 12.2. The van der Waals surface area contributed by atoms with Crippen LogP contribution in [0.25, 0.3) is 0 Å². The summed E-state index contributed by atoms with van der Waals surface area (Å²) in [5, 5.41) is 2.92. The highest BCUT2D eigenvalue weighted by molar-refractivity contribution is 5.92. The SMILES string of the molecule is Cc1cnc(C(=O)N[C@@H](C)c2ccc3c(c2)OCCCO3)cn1. The molecule has 0 fully saturated rings. The van der Waals surface area contributed by atoms with Crippen molar-refractivity contribution in [1.29, 1.82) is 0 Å². The molecule has 0 unspecified atom stereocenters. The Bertz CT molecular complexity index is 701. The van der Waals surface area contributed by atoms with Gasteiger partial charge in [0.2, 0.25) is 0 Å². The first-order chi connectivity index (χ1) is 11.1. The van der Waals surface area contributed by atoms with Crippen molar-refractivity contribution in [2.24, 2.45) is 0 Å². The minimum Gasteiger partial charge on any atom is -0.490 e. The lowest BCUT2D eigenvalue weighted by Crippen LogP contribution is -2.27. The molecule has 1 aromatic carbocycles. The maximum Gasteiger partial charge on any atom is 0.271 e. The highest BCUT2D eigenvalue weighted by Crippen LogP contribution is 2.32. The first-order valence-electron chi connectivity index (χ1n) is 7.62. The van der Waals surface area contributed by atoms with Gasteiger partial charge in [0.25, 0.3) is 5.91 Å². The van der Waals surface area contributed by atoms with Crippen LogP contribution in [-0.2, 0) is 0 Å². The molecule has 1 atom stereocenters. The summed E-state index contributed by atoms with van der Waals surface area (Å²) in [6.07, 6.45) is 3.92. The van der Waals surface area contributed by atoms with E-state index in [1.165, 1.54) is 6.20 Å². The van der Waals surface area contributed by atoms with E-state index in [9.17, 15) is 4.79 Å². The van der Waals surface area contributed by atoms with Crippen molar-refractivity contribution in [3.63, 3.8) is 0 Å². The van der Waals surface area contributed by atoms with E-state index in [4.69, 9.17) is 9.47 Å². The number of nitrogens with zero attached hydrogens (tertiary/aromatic N) is 2. The molecule has 2 aromatic rings. The highest BCUT2D eigenvalue weighted by atomic mass is 16.5. The largest absolute Gasteiger partial charge is 0.490 e. The molecule has 0 saturated carbocycles. The molecule has 0 aliphatic carbocycles. The lowest BCUT2D eigenvalue weighted by Gasteiger charge is -2.16. The lowest BCUT2D eigenvalue weighted by molar-refractivity contribution is 0.0934. The monoisotopic (exact) mass is 313 g/mol. The Morgan fingerprint density at radius 2 is 1.96 bits per heavy atom. The van der Waals surface area contributed by atoms with Crippen LogP contribution in [0.15, 0.2) is 30.6 Å². The fraction of sp³-hybridized carbons (Fsp3) is 0.353. The van der Waals surface area contributed by atoms with E-state index >= 15 is 0 Å². The predicted molar refractivity (Wildman–Crippen MR) is 84.7 cm³/mol. The second-order valence-corrected chi connectivity index (χ2v) is 5.49. The van der Waals surface area contributed by atoms with Gasteiger partial charge >= 0.3 is 0 Å². The van der Waals surface area contributed by atoms with Crippen LogP contribution in [0.1, 0.15) is 41.1 Å². The second kappa shape index (κ2) is 6.64. The Labute approximate surface area is 134 Å². The molecule has 1 aliphatic heterocycles. The van der Waals surface area contributed by atoms with E-state index in [1.807, 2.05) is 32.0 Å². The molecule has 0 radical (unpaired) electrons. The fourth-order valence-electron chi connectivity index (χ4n) is 2.31. The van der Waals surface area contributed by atoms with Crippen molar-refractivity contribution < 1.29 is 14.3 Å². The van der Waals surface area contributed by atoms with Gasteiger partial charge in [-0.2, -0.15) is 0 Å². The number of benzene rings is 1. The highest BCUT2D eigenvalue weighted by Gasteiger charge is 2.16. The molecule has 23 heavy (non-hydrogen) atoms. The van der Waals surface area contributed by atoms with Gasteiger partial charge in [-0.15, -0.1) is 0 Å². The third-order valence-electron chi connectivity index (χ3n) is 3.63. The first-order valence-corrected chi connectivity index (χ1v) is 7.62. The van der Waals surface area contributed by atoms with Crippen molar-refractivity contribution in [3.8, 4) is 11.5 Å². The van der Waals surface area contributed by atoms with Crippen LogP contribution in [0.2, 0.25) is 0 Å². The van der Waals surface area contributed by atoms with Gasteiger partial charge in [0.15, 0.2) is 11.5 Å². The molecule has 0 saturated heterocycles. The fourth-order valence-corrected chi connectivity index (χ4v) is 2.31. The normalized spacial score (nSPS) is 14.7. The Hall–Kier alpha value is -2.63. The summed E-state index contributed by atoms with van der Waals surface area (Å²) < 4.78 is 11.3. The van der Waals surface area contributed by atoms with Crippen molar-refractivity contribution in [1.82, 2.24) is 15.3 Å². The van der Waals surface area contributed by atoms with Gasteiger partial charge in [-0.1, -0.05) is 6.07 Å². The average molecular weight is 313 g/mol. The van der Waals surface area contributed by atoms with Crippen LogP contribution in [0.3, 0.4) is 0 Å². The number of aryl methyl sites for hydroxylation is 1. The summed E-state index contributed by atoms with van der Waals surface area (Å²) in [5.41, 5.74) is 2.02. The van der Waals surface area contributed by atoms with E-state index in [1.54, 1.807) is 6.20 Å². The first kappa shape index (κ1) is 15.3. The third kappa shape index (κ3) is 3.59. The maximum absolute atomic E-state index is 12.2. The van der Waals surface area contributed by atoms with Crippen molar-refractivity contribution in [3.05, 3.63) is 47.5 Å². The summed E-state index contributed by atoms with van der Waals surface area (Å²) >= 11 is 0. The van der Waals surface area contributed by atoms with E-state index < -0.39 is 0 Å². The molecule has 6 heteroatoms. The van der Waals surface area contributed by atoms with Gasteiger partial charge in [0.05, 0.1) is 31.1 Å². The molecule has 1 amide bonds. The van der Waals surface area contributed by atoms with E-state index in [0.717, 1.165) is 29.2 Å². The number of nitrogens with one attached hydrogen (secondary N) is 1. The second-order valence-electron chi connectivity index (χ2n) is 5.49. The zero-order valence-electron chi connectivity index (χ0n) is 13.2. The summed E-state index contributed by atoms with van der Waals surface area (Å²) in [6.45, 7) is 5.04. The number of carbonyl (C=O) groups is 1. The molecule has 2 heterocycles. The summed E-state index contributed by atoms with van der Waals surface area (Å²) in [5.74, 6) is 1.21. The molecule has 1 aromatic heterocycles. The standard InChI is InChI=1S/C17H19N3O3/c1-11-9-19-14(10-18-11)17(21)20-12(2)13-4-5-15-16(8-13)23-7-3-6-22-15/h4-5,8-10,12H,3,6-7H2,1-2H3,(H,20,21)/t12-/m0/s1. The number of carbonyl (C=O) groups excluding carboxylic acids is 1. The number of hydrogen-bond acceptors (Lipinski definition) is 5.